The number of carboxylic acid groups (broad SMARTS) is 1. The van der Waals surface area contributed by atoms with Crippen LogP contribution < -0.4 is 56.5 Å². The van der Waals surface area contributed by atoms with Gasteiger partial charge in [0.25, 0.3) is 0 Å². The number of rotatable bonds is 1. The molecule has 0 aromatic heterocycles. The van der Waals surface area contributed by atoms with Crippen molar-refractivity contribution in [1.82, 2.24) is 0 Å². The minimum atomic E-state index is -1.13. The minimum absolute atomic E-state index is 0. The molecule has 0 atom stereocenters. The second kappa shape index (κ2) is 11.7. The van der Waals surface area contributed by atoms with Gasteiger partial charge in [0.05, 0.1) is 5.97 Å². The van der Waals surface area contributed by atoms with E-state index >= 15 is 0 Å². The van der Waals surface area contributed by atoms with Gasteiger partial charge in [0.1, 0.15) is 0 Å². The van der Waals surface area contributed by atoms with E-state index in [1.807, 2.05) is 0 Å². The molecule has 0 aliphatic carbocycles. The Morgan fingerprint density at radius 3 is 1.83 bits per heavy atom. The molecular formula is C7H8CaKNaO2. The topological polar surface area (TPSA) is 40.1 Å². The van der Waals surface area contributed by atoms with E-state index in [9.17, 15) is 9.90 Å². The summed E-state index contributed by atoms with van der Waals surface area (Å²) >= 11 is 0. The maximum atomic E-state index is 10.1. The van der Waals surface area contributed by atoms with Crippen LogP contribution in [-0.4, -0.2) is 73.3 Å². The zero-order valence-corrected chi connectivity index (χ0v) is 8.83. The first-order valence-corrected chi connectivity index (χ1v) is 2.57. The molecule has 0 saturated heterocycles. The van der Waals surface area contributed by atoms with E-state index in [1.54, 1.807) is 18.2 Å². The monoisotopic (exact) mass is 226 g/mol. The normalized spacial score (nSPS) is 6.67. The van der Waals surface area contributed by atoms with Crippen molar-refractivity contribution in [3.63, 3.8) is 0 Å². The van der Waals surface area contributed by atoms with Crippen LogP contribution in [0.15, 0.2) is 30.3 Å². The Morgan fingerprint density at radius 1 is 1.17 bits per heavy atom. The van der Waals surface area contributed by atoms with Gasteiger partial charge >= 0.3 is 119 Å². The molecule has 1 aromatic carbocycles. The second-order valence-electron chi connectivity index (χ2n) is 1.65. The van der Waals surface area contributed by atoms with Crippen LogP contribution in [0.25, 0.3) is 0 Å². The summed E-state index contributed by atoms with van der Waals surface area (Å²) in [5.41, 5.74) is 0.220. The fourth-order valence-corrected chi connectivity index (χ4v) is 0.574. The Balaban J connectivity index is -0.000000270. The van der Waals surface area contributed by atoms with Crippen molar-refractivity contribution < 1.29 is 61.3 Å². The van der Waals surface area contributed by atoms with Crippen molar-refractivity contribution in [3.05, 3.63) is 35.9 Å². The molecule has 0 N–H and O–H groups in total. The van der Waals surface area contributed by atoms with E-state index in [0.717, 1.165) is 0 Å². The molecule has 0 bridgehead atoms. The van der Waals surface area contributed by atoms with Gasteiger partial charge in [-0.1, -0.05) is 30.3 Å². The average Bonchev–Trinajstić information content (AvgIpc) is 1.90. The van der Waals surface area contributed by atoms with Crippen molar-refractivity contribution in [3.8, 4) is 0 Å². The summed E-state index contributed by atoms with van der Waals surface area (Å²) in [4.78, 5) is 10.1. The molecule has 0 saturated carbocycles. The van der Waals surface area contributed by atoms with Crippen LogP contribution in [0.5, 0.6) is 0 Å². The summed E-state index contributed by atoms with van der Waals surface area (Å²) in [5.74, 6) is -1.13. The third-order valence-corrected chi connectivity index (χ3v) is 1.01. The molecule has 0 aliphatic heterocycles. The Bertz CT molecular complexity index is 218. The third-order valence-electron chi connectivity index (χ3n) is 1.01. The van der Waals surface area contributed by atoms with Gasteiger partial charge in [-0.3, -0.25) is 0 Å². The van der Waals surface area contributed by atoms with Crippen LogP contribution >= 0.6 is 0 Å². The fraction of sp³-hybridized carbons (Fsp3) is 0. The second-order valence-corrected chi connectivity index (χ2v) is 1.65. The summed E-state index contributed by atoms with van der Waals surface area (Å²) in [6, 6.07) is 8.06. The first kappa shape index (κ1) is 20.1. The predicted octanol–water partition coefficient (Wildman–Crippen LogP) is -4.51. The fourth-order valence-electron chi connectivity index (χ4n) is 0.574. The molecule has 0 unspecified atom stereocenters. The number of hydrogen-bond acceptors (Lipinski definition) is 2. The molecule has 0 aliphatic rings. The molecule has 52 valence electrons. The number of carbonyl (C=O) groups is 1. The molecular weight excluding hydrogens is 218 g/mol. The van der Waals surface area contributed by atoms with Gasteiger partial charge in [-0.05, 0) is 5.56 Å². The van der Waals surface area contributed by atoms with Gasteiger partial charge in [-0.2, -0.15) is 0 Å². The average molecular weight is 226 g/mol. The molecule has 0 heterocycles. The van der Waals surface area contributed by atoms with E-state index in [1.165, 1.54) is 12.1 Å². The predicted molar refractivity (Wildman–Crippen MR) is 46.5 cm³/mol. The number of benzene rings is 1. The third kappa shape index (κ3) is 7.94. The molecule has 5 heteroatoms. The van der Waals surface area contributed by atoms with Crippen LogP contribution in [0.4, 0.5) is 0 Å². The standard InChI is InChI=1S/C7H6O2.Ca.K.Na.3H/c8-7(9)6-4-2-1-3-5-6;;;;;;/h1-5H,(H,8,9);;;;;;/q;;+1;;;;/p-1. The van der Waals surface area contributed by atoms with Crippen LogP contribution in [0.1, 0.15) is 10.4 Å². The van der Waals surface area contributed by atoms with Gasteiger partial charge in [0.2, 0.25) is 0 Å². The van der Waals surface area contributed by atoms with Gasteiger partial charge in [-0.25, -0.2) is 0 Å². The van der Waals surface area contributed by atoms with Crippen molar-refractivity contribution in [2.75, 3.05) is 0 Å². The molecule has 0 radical (unpaired) electrons. The van der Waals surface area contributed by atoms with E-state index in [2.05, 4.69) is 0 Å². The first-order chi connectivity index (χ1) is 4.30. The van der Waals surface area contributed by atoms with Crippen molar-refractivity contribution in [1.29, 1.82) is 0 Å². The molecule has 1 rings (SSSR count). The Morgan fingerprint density at radius 2 is 1.58 bits per heavy atom. The van der Waals surface area contributed by atoms with Gasteiger partial charge in [0.15, 0.2) is 0 Å². The SMILES string of the molecule is O=C([O-])c1ccccc1.[CaH2].[K+].[NaH]. The zero-order valence-electron chi connectivity index (χ0n) is 5.70. The summed E-state index contributed by atoms with van der Waals surface area (Å²) in [5, 5.41) is 10.1. The van der Waals surface area contributed by atoms with Crippen molar-refractivity contribution in [2.24, 2.45) is 0 Å². The number of carbonyl (C=O) groups excluding carboxylic acids is 1. The van der Waals surface area contributed by atoms with Gasteiger partial charge in [0, 0.05) is 0 Å². The molecule has 12 heavy (non-hydrogen) atoms. The zero-order chi connectivity index (χ0) is 6.69. The van der Waals surface area contributed by atoms with Crippen LogP contribution in [0, 0.1) is 0 Å². The molecule has 0 fully saturated rings. The van der Waals surface area contributed by atoms with Gasteiger partial charge < -0.3 is 9.90 Å². The van der Waals surface area contributed by atoms with Crippen LogP contribution in [-0.2, 0) is 0 Å². The first-order valence-electron chi connectivity index (χ1n) is 2.57. The van der Waals surface area contributed by atoms with Gasteiger partial charge in [-0.15, -0.1) is 0 Å². The van der Waals surface area contributed by atoms with Crippen molar-refractivity contribution >= 4 is 73.3 Å². The Labute approximate surface area is 166 Å². The molecule has 0 amide bonds. The van der Waals surface area contributed by atoms with E-state index in [4.69, 9.17) is 0 Å². The van der Waals surface area contributed by atoms with E-state index in [0.29, 0.717) is 0 Å². The maximum absolute atomic E-state index is 10.1. The van der Waals surface area contributed by atoms with Crippen molar-refractivity contribution in [2.45, 2.75) is 0 Å². The van der Waals surface area contributed by atoms with E-state index < -0.39 is 5.97 Å². The quantitative estimate of drug-likeness (QED) is 0.453. The number of carboxylic acids is 1. The summed E-state index contributed by atoms with van der Waals surface area (Å²) in [6.45, 7) is 0. The Hall–Kier alpha value is 2.59. The molecule has 2 nitrogen and oxygen atoms in total. The van der Waals surface area contributed by atoms with Crippen LogP contribution in [0.3, 0.4) is 0 Å². The summed E-state index contributed by atoms with van der Waals surface area (Å²) < 4.78 is 0. The number of hydrogen-bond donors (Lipinski definition) is 0. The summed E-state index contributed by atoms with van der Waals surface area (Å²) in [7, 11) is 0. The number of aromatic carboxylic acids is 1. The van der Waals surface area contributed by atoms with E-state index in [-0.39, 0.29) is 124 Å². The molecule has 0 spiro atoms. The Kier molecular flexibility index (Phi) is 19.5. The summed E-state index contributed by atoms with van der Waals surface area (Å²) in [6.07, 6.45) is 0. The van der Waals surface area contributed by atoms with Crippen LogP contribution in [0.2, 0.25) is 0 Å². The molecule has 1 aromatic rings.